The number of piperidine rings is 1. The summed E-state index contributed by atoms with van der Waals surface area (Å²) in [5.41, 5.74) is -0.419. The molecule has 0 unspecified atom stereocenters. The Hall–Kier alpha value is -3.00. The zero-order chi connectivity index (χ0) is 23.5. The van der Waals surface area contributed by atoms with Crippen molar-refractivity contribution in [3.8, 4) is 0 Å². The number of thiophene rings is 1. The third-order valence-electron chi connectivity index (χ3n) is 7.45. The molecule has 0 saturated carbocycles. The lowest BCUT2D eigenvalue weighted by Crippen LogP contribution is -2.54. The van der Waals surface area contributed by atoms with Crippen LogP contribution in [0, 0.1) is 11.8 Å². The molecule has 2 atom stereocenters. The van der Waals surface area contributed by atoms with E-state index in [1.807, 2.05) is 28.5 Å². The van der Waals surface area contributed by atoms with Gasteiger partial charge in [0.15, 0.2) is 5.54 Å². The molecule has 4 heterocycles. The van der Waals surface area contributed by atoms with E-state index in [2.05, 4.69) is 22.5 Å². The zero-order valence-electron chi connectivity index (χ0n) is 19.2. The number of pyridine rings is 1. The molecule has 34 heavy (non-hydrogen) atoms. The van der Waals surface area contributed by atoms with Gasteiger partial charge in [-0.1, -0.05) is 24.3 Å². The Labute approximate surface area is 203 Å². The number of urea groups is 1. The summed E-state index contributed by atoms with van der Waals surface area (Å²) in [4.78, 5) is 48.7. The lowest BCUT2D eigenvalue weighted by molar-refractivity contribution is -0.139. The SMILES string of the molecule is O=C([C@@H]1CC=CCC1)N1CCC([C@]2(c3cccnc3)NC(=O)N(CCc3cccs3)C2=O)CC1. The van der Waals surface area contributed by atoms with Gasteiger partial charge in [0.25, 0.3) is 5.91 Å². The van der Waals surface area contributed by atoms with Crippen molar-refractivity contribution in [3.05, 3.63) is 64.6 Å². The number of allylic oxidation sites excluding steroid dienone is 2. The highest BCUT2D eigenvalue weighted by Gasteiger charge is 2.57. The van der Waals surface area contributed by atoms with Crippen LogP contribution in [0.15, 0.2) is 54.2 Å². The van der Waals surface area contributed by atoms with Crippen molar-refractivity contribution in [1.29, 1.82) is 0 Å². The van der Waals surface area contributed by atoms with Gasteiger partial charge in [-0.25, -0.2) is 4.79 Å². The van der Waals surface area contributed by atoms with E-state index < -0.39 is 5.54 Å². The molecular formula is C26H30N4O3S. The van der Waals surface area contributed by atoms with Crippen molar-refractivity contribution in [2.24, 2.45) is 11.8 Å². The summed E-state index contributed by atoms with van der Waals surface area (Å²) in [6.07, 6.45) is 12.2. The van der Waals surface area contributed by atoms with Crippen LogP contribution < -0.4 is 5.32 Å². The van der Waals surface area contributed by atoms with Gasteiger partial charge in [0.05, 0.1) is 0 Å². The van der Waals surface area contributed by atoms with Gasteiger partial charge in [0.1, 0.15) is 0 Å². The highest BCUT2D eigenvalue weighted by Crippen LogP contribution is 2.41. The summed E-state index contributed by atoms with van der Waals surface area (Å²) in [5.74, 6) is -0.0218. The van der Waals surface area contributed by atoms with E-state index in [0.29, 0.717) is 44.5 Å². The molecule has 2 saturated heterocycles. The lowest BCUT2D eigenvalue weighted by Gasteiger charge is -2.41. The molecule has 2 fully saturated rings. The Morgan fingerprint density at radius 3 is 2.68 bits per heavy atom. The summed E-state index contributed by atoms with van der Waals surface area (Å²) in [7, 11) is 0. The van der Waals surface area contributed by atoms with Gasteiger partial charge >= 0.3 is 6.03 Å². The van der Waals surface area contributed by atoms with Crippen LogP contribution in [0.3, 0.4) is 0 Å². The van der Waals surface area contributed by atoms with E-state index in [1.54, 1.807) is 29.8 Å². The highest BCUT2D eigenvalue weighted by molar-refractivity contribution is 7.09. The monoisotopic (exact) mass is 478 g/mol. The predicted molar refractivity (Wildman–Crippen MR) is 130 cm³/mol. The third kappa shape index (κ3) is 4.15. The number of amides is 4. The number of nitrogens with zero attached hydrogens (tertiary/aromatic N) is 3. The number of nitrogens with one attached hydrogen (secondary N) is 1. The summed E-state index contributed by atoms with van der Waals surface area (Å²) in [6.45, 7) is 1.55. The molecular weight excluding hydrogens is 448 g/mol. The maximum Gasteiger partial charge on any atom is 0.325 e. The van der Waals surface area contributed by atoms with Crippen LogP contribution in [0.4, 0.5) is 4.79 Å². The largest absolute Gasteiger partial charge is 0.342 e. The number of hydrogen-bond donors (Lipinski definition) is 1. The second kappa shape index (κ2) is 9.70. The molecule has 0 aromatic carbocycles. The Morgan fingerprint density at radius 1 is 1.15 bits per heavy atom. The van der Waals surface area contributed by atoms with Gasteiger partial charge in [-0.15, -0.1) is 11.3 Å². The van der Waals surface area contributed by atoms with E-state index in [9.17, 15) is 14.4 Å². The first-order valence-corrected chi connectivity index (χ1v) is 13.0. The van der Waals surface area contributed by atoms with Crippen LogP contribution in [0.5, 0.6) is 0 Å². The minimum Gasteiger partial charge on any atom is -0.342 e. The summed E-state index contributed by atoms with van der Waals surface area (Å²) in [6, 6.07) is 7.33. The first-order chi connectivity index (χ1) is 16.6. The van der Waals surface area contributed by atoms with Gasteiger partial charge in [-0.2, -0.15) is 0 Å². The number of carbonyl (C=O) groups excluding carboxylic acids is 3. The second-order valence-electron chi connectivity index (χ2n) is 9.35. The standard InChI is InChI=1S/C26H30N4O3S/c31-23(19-6-2-1-3-7-19)29-14-10-20(11-15-29)26(21-8-4-13-27-18-21)24(32)30(25(33)28-26)16-12-22-9-5-17-34-22/h1-2,4-5,8-9,13,17-20H,3,6-7,10-12,14-16H2,(H,28,33)/t19-,26-/m1/s1. The molecule has 5 rings (SSSR count). The van der Waals surface area contributed by atoms with Crippen molar-refractivity contribution < 1.29 is 14.4 Å². The van der Waals surface area contributed by atoms with Gasteiger partial charge in [0, 0.05) is 48.4 Å². The van der Waals surface area contributed by atoms with Crippen molar-refractivity contribution in [2.75, 3.05) is 19.6 Å². The number of carbonyl (C=O) groups is 3. The Bertz CT molecular complexity index is 1060. The molecule has 1 aliphatic carbocycles. The number of likely N-dealkylation sites (tertiary alicyclic amines) is 1. The van der Waals surface area contributed by atoms with Crippen LogP contribution in [0.25, 0.3) is 0 Å². The molecule has 4 amide bonds. The van der Waals surface area contributed by atoms with Crippen LogP contribution in [-0.4, -0.2) is 52.3 Å². The number of imide groups is 1. The average Bonchev–Trinajstić information content (AvgIpc) is 3.50. The number of rotatable bonds is 6. The van der Waals surface area contributed by atoms with E-state index in [0.717, 1.165) is 24.1 Å². The summed E-state index contributed by atoms with van der Waals surface area (Å²) in [5, 5.41) is 5.08. The van der Waals surface area contributed by atoms with Crippen molar-refractivity contribution in [2.45, 2.75) is 44.1 Å². The van der Waals surface area contributed by atoms with Crippen molar-refractivity contribution >= 4 is 29.2 Å². The van der Waals surface area contributed by atoms with Crippen LogP contribution in [-0.2, 0) is 21.5 Å². The molecule has 2 aromatic heterocycles. The molecule has 0 bridgehead atoms. The van der Waals surface area contributed by atoms with Gasteiger partial charge in [-0.3, -0.25) is 19.5 Å². The Balaban J connectivity index is 1.35. The van der Waals surface area contributed by atoms with Crippen molar-refractivity contribution in [1.82, 2.24) is 20.1 Å². The molecule has 3 aliphatic rings. The topological polar surface area (TPSA) is 82.6 Å². The smallest absolute Gasteiger partial charge is 0.325 e. The van der Waals surface area contributed by atoms with Gasteiger partial charge < -0.3 is 10.2 Å². The third-order valence-corrected chi connectivity index (χ3v) is 8.38. The lowest BCUT2D eigenvalue weighted by atomic mass is 9.73. The zero-order valence-corrected chi connectivity index (χ0v) is 20.0. The summed E-state index contributed by atoms with van der Waals surface area (Å²) >= 11 is 1.63. The van der Waals surface area contributed by atoms with Crippen LogP contribution >= 0.6 is 11.3 Å². The number of hydrogen-bond acceptors (Lipinski definition) is 5. The van der Waals surface area contributed by atoms with Crippen molar-refractivity contribution in [3.63, 3.8) is 0 Å². The van der Waals surface area contributed by atoms with E-state index in [-0.39, 0.29) is 29.7 Å². The van der Waals surface area contributed by atoms with Crippen LogP contribution in [0.2, 0.25) is 0 Å². The predicted octanol–water partition coefficient (Wildman–Crippen LogP) is 3.73. The molecule has 8 heteroatoms. The first kappa shape index (κ1) is 22.8. The maximum absolute atomic E-state index is 13.9. The second-order valence-corrected chi connectivity index (χ2v) is 10.4. The molecule has 0 spiro atoms. The Morgan fingerprint density at radius 2 is 2.00 bits per heavy atom. The molecule has 7 nitrogen and oxygen atoms in total. The molecule has 1 N–H and O–H groups in total. The van der Waals surface area contributed by atoms with Gasteiger partial charge in [0.2, 0.25) is 5.91 Å². The molecule has 2 aromatic rings. The fourth-order valence-corrected chi connectivity index (χ4v) is 6.29. The fourth-order valence-electron chi connectivity index (χ4n) is 5.59. The molecule has 0 radical (unpaired) electrons. The van der Waals surface area contributed by atoms with Crippen LogP contribution in [0.1, 0.15) is 42.5 Å². The average molecular weight is 479 g/mol. The van der Waals surface area contributed by atoms with E-state index >= 15 is 0 Å². The Kier molecular flexibility index (Phi) is 6.50. The number of aromatic nitrogens is 1. The van der Waals surface area contributed by atoms with E-state index in [4.69, 9.17) is 0 Å². The molecule has 2 aliphatic heterocycles. The van der Waals surface area contributed by atoms with E-state index in [1.165, 1.54) is 4.90 Å². The quantitative estimate of drug-likeness (QED) is 0.507. The minimum absolute atomic E-state index is 0.0643. The minimum atomic E-state index is -1.14. The first-order valence-electron chi connectivity index (χ1n) is 12.1. The summed E-state index contributed by atoms with van der Waals surface area (Å²) < 4.78 is 0. The normalized spacial score (nSPS) is 25.6. The van der Waals surface area contributed by atoms with Gasteiger partial charge in [-0.05, 0) is 62.0 Å². The fraction of sp³-hybridized carbons (Fsp3) is 0.462. The molecule has 178 valence electrons. The maximum atomic E-state index is 13.9. The highest BCUT2D eigenvalue weighted by atomic mass is 32.1.